The van der Waals surface area contributed by atoms with Gasteiger partial charge in [-0.25, -0.2) is 0 Å². The lowest BCUT2D eigenvalue weighted by molar-refractivity contribution is 0.835. The predicted molar refractivity (Wildman–Crippen MR) is 140 cm³/mol. The topological polar surface area (TPSA) is 25.2 Å². The second-order valence-electron chi connectivity index (χ2n) is 8.69. The van der Waals surface area contributed by atoms with Gasteiger partial charge in [-0.3, -0.25) is 9.73 Å². The predicted octanol–water partition coefficient (Wildman–Crippen LogP) is 7.14. The van der Waals surface area contributed by atoms with Crippen LogP contribution in [-0.2, 0) is 0 Å². The van der Waals surface area contributed by atoms with Crippen LogP contribution >= 0.6 is 7.05 Å². The van der Waals surface area contributed by atoms with Gasteiger partial charge in [0.15, 0.2) is 0 Å². The maximum Gasteiger partial charge on any atom is 0.0887 e. The molecule has 0 fully saturated rings. The van der Waals surface area contributed by atoms with E-state index in [0.717, 1.165) is 11.1 Å². The van der Waals surface area contributed by atoms with Crippen LogP contribution in [0.3, 0.4) is 0 Å². The van der Waals surface area contributed by atoms with Crippen LogP contribution in [0.25, 0.3) is 0 Å². The minimum absolute atomic E-state index is 0.379. The fourth-order valence-electron chi connectivity index (χ4n) is 4.19. The normalized spacial score (nSPS) is 11.7. The number of hydrogen-bond donors (Lipinski definition) is 0. The third-order valence-electron chi connectivity index (χ3n) is 5.83. The third kappa shape index (κ3) is 4.20. The summed E-state index contributed by atoms with van der Waals surface area (Å²) in [5, 5.41) is 2.44. The molecule has 0 amide bonds. The molecule has 1 aromatic heterocycles. The van der Waals surface area contributed by atoms with E-state index in [4.69, 9.17) is 9.73 Å². The zero-order valence-corrected chi connectivity index (χ0v) is 20.2. The van der Waals surface area contributed by atoms with Gasteiger partial charge in [-0.15, -0.1) is 0 Å². The molecule has 0 bridgehead atoms. The van der Waals surface area contributed by atoms with E-state index in [1.807, 2.05) is 12.3 Å². The van der Waals surface area contributed by atoms with Crippen molar-refractivity contribution in [3.8, 4) is 0 Å². The molecule has 0 saturated carbocycles. The van der Waals surface area contributed by atoms with Gasteiger partial charge in [0, 0.05) is 16.8 Å². The van der Waals surface area contributed by atoms with Crippen LogP contribution in [0, 0.1) is 0 Å². The molecule has 162 valence electrons. The first-order valence-electron chi connectivity index (χ1n) is 11.3. The maximum absolute atomic E-state index is 5.79. The van der Waals surface area contributed by atoms with Gasteiger partial charge >= 0.3 is 0 Å². The van der Waals surface area contributed by atoms with Crippen molar-refractivity contribution in [2.75, 3.05) is 0 Å². The quantitative estimate of drug-likeness (QED) is 0.294. The number of aromatic nitrogens is 1. The summed E-state index contributed by atoms with van der Waals surface area (Å²) in [6.45, 7) is 9.02. The highest BCUT2D eigenvalue weighted by molar-refractivity contribution is 7.87. The molecule has 0 aliphatic rings. The first kappa shape index (κ1) is 22.2. The van der Waals surface area contributed by atoms with Crippen molar-refractivity contribution in [2.45, 2.75) is 39.5 Å². The lowest BCUT2D eigenvalue weighted by Crippen LogP contribution is -2.27. The molecular weight excluding hydrogens is 407 g/mol. The minimum Gasteiger partial charge on any atom is -0.254 e. The van der Waals surface area contributed by atoms with Crippen molar-refractivity contribution in [1.82, 2.24) is 4.98 Å². The number of nitrogens with zero attached hydrogens (tertiary/aromatic N) is 2. The molecule has 32 heavy (non-hydrogen) atoms. The van der Waals surface area contributed by atoms with Crippen molar-refractivity contribution < 1.29 is 0 Å². The summed E-state index contributed by atoms with van der Waals surface area (Å²) in [6, 6.07) is 34.3. The molecule has 4 rings (SSSR count). The molecule has 0 spiro atoms. The van der Waals surface area contributed by atoms with E-state index in [1.54, 1.807) is 0 Å². The lowest BCUT2D eigenvalue weighted by Gasteiger charge is -2.28. The summed E-state index contributed by atoms with van der Waals surface area (Å²) in [5.41, 5.74) is 4.75. The molecule has 3 aromatic carbocycles. The molecule has 0 saturated heterocycles. The average Bonchev–Trinajstić information content (AvgIpc) is 2.84. The van der Waals surface area contributed by atoms with Crippen LogP contribution in [0.15, 0.2) is 108 Å². The molecule has 3 heteroatoms. The van der Waals surface area contributed by atoms with Crippen molar-refractivity contribution in [3.63, 3.8) is 0 Å². The van der Waals surface area contributed by atoms with Gasteiger partial charge in [-0.1, -0.05) is 113 Å². The van der Waals surface area contributed by atoms with Gasteiger partial charge in [-0.05, 0) is 35.1 Å². The van der Waals surface area contributed by atoms with Crippen LogP contribution in [0.4, 0.5) is 5.69 Å². The molecular formula is C29H31N2P. The largest absolute Gasteiger partial charge is 0.254 e. The van der Waals surface area contributed by atoms with Gasteiger partial charge in [0.25, 0.3) is 0 Å². The van der Waals surface area contributed by atoms with E-state index in [0.29, 0.717) is 11.8 Å². The van der Waals surface area contributed by atoms with E-state index in [1.165, 1.54) is 21.7 Å². The van der Waals surface area contributed by atoms with Crippen molar-refractivity contribution in [1.29, 1.82) is 0 Å². The average molecular weight is 439 g/mol. The Bertz CT molecular complexity index is 1080. The Hall–Kier alpha value is -2.96. The highest BCUT2D eigenvalue weighted by Gasteiger charge is 2.30. The Morgan fingerprint density at radius 2 is 1.09 bits per heavy atom. The van der Waals surface area contributed by atoms with Crippen LogP contribution in [-0.4, -0.2) is 4.98 Å². The second-order valence-corrected chi connectivity index (χ2v) is 11.7. The summed E-state index contributed by atoms with van der Waals surface area (Å²) in [5.74, 6) is 0.759. The molecule has 0 N–H and O–H groups in total. The van der Waals surface area contributed by atoms with E-state index >= 15 is 0 Å². The summed E-state index contributed by atoms with van der Waals surface area (Å²) >= 11 is 0. The van der Waals surface area contributed by atoms with E-state index in [-0.39, 0.29) is 0 Å². The van der Waals surface area contributed by atoms with Crippen LogP contribution < -0.4 is 16.0 Å². The number of benzene rings is 3. The van der Waals surface area contributed by atoms with Crippen LogP contribution in [0.1, 0.15) is 50.7 Å². The SMILES string of the molecule is CC(C)c1cccc(C(C)C)c1N=P(c1ccccc1)(c1ccccc1)c1ccccn1. The minimum atomic E-state index is -2.39. The Morgan fingerprint density at radius 1 is 0.594 bits per heavy atom. The van der Waals surface area contributed by atoms with E-state index < -0.39 is 7.05 Å². The monoisotopic (exact) mass is 438 g/mol. The molecule has 0 radical (unpaired) electrons. The van der Waals surface area contributed by atoms with Gasteiger partial charge < -0.3 is 0 Å². The molecule has 0 aliphatic heterocycles. The van der Waals surface area contributed by atoms with E-state index in [2.05, 4.69) is 119 Å². The van der Waals surface area contributed by atoms with Crippen LogP contribution in [0.2, 0.25) is 0 Å². The molecule has 1 heterocycles. The molecule has 4 aromatic rings. The number of rotatable bonds is 6. The fourth-order valence-corrected chi connectivity index (χ4v) is 7.62. The summed E-state index contributed by atoms with van der Waals surface area (Å²) in [4.78, 5) is 4.90. The maximum atomic E-state index is 5.79. The van der Waals surface area contributed by atoms with Gasteiger partial charge in [0.05, 0.1) is 18.2 Å². The molecule has 0 atom stereocenters. The third-order valence-corrected chi connectivity index (χ3v) is 9.35. The highest BCUT2D eigenvalue weighted by Crippen LogP contribution is 2.51. The second kappa shape index (κ2) is 9.67. The first-order chi connectivity index (χ1) is 15.5. The van der Waals surface area contributed by atoms with E-state index in [9.17, 15) is 0 Å². The van der Waals surface area contributed by atoms with Gasteiger partial charge in [-0.2, -0.15) is 0 Å². The zero-order chi connectivity index (χ0) is 22.6. The first-order valence-corrected chi connectivity index (χ1v) is 13.1. The van der Waals surface area contributed by atoms with Gasteiger partial charge in [0.1, 0.15) is 0 Å². The number of pyridine rings is 1. The summed E-state index contributed by atoms with van der Waals surface area (Å²) in [7, 11) is -2.39. The smallest absolute Gasteiger partial charge is 0.0887 e. The summed E-state index contributed by atoms with van der Waals surface area (Å²) < 4.78 is 5.79. The fraction of sp³-hybridized carbons (Fsp3) is 0.207. The van der Waals surface area contributed by atoms with Crippen LogP contribution in [0.5, 0.6) is 0 Å². The molecule has 2 nitrogen and oxygen atoms in total. The highest BCUT2D eigenvalue weighted by atomic mass is 31.2. The molecule has 0 unspecified atom stereocenters. The summed E-state index contributed by atoms with van der Waals surface area (Å²) in [6.07, 6.45) is 1.89. The lowest BCUT2D eigenvalue weighted by atomic mass is 9.93. The number of hydrogen-bond acceptors (Lipinski definition) is 2. The zero-order valence-electron chi connectivity index (χ0n) is 19.3. The Morgan fingerprint density at radius 3 is 1.53 bits per heavy atom. The Kier molecular flexibility index (Phi) is 6.72. The standard InChI is InChI=1S/C29H31N2P/c1-22(2)26-18-13-19-27(23(3)4)29(26)31-32(24-14-7-5-8-15-24,25-16-9-6-10-17-25)28-20-11-12-21-30-28/h5-23H,1-4H3. The van der Waals surface area contributed by atoms with Crippen molar-refractivity contribution in [3.05, 3.63) is 114 Å². The van der Waals surface area contributed by atoms with Crippen molar-refractivity contribution >= 4 is 28.8 Å². The van der Waals surface area contributed by atoms with Gasteiger partial charge in [0.2, 0.25) is 0 Å². The Balaban J connectivity index is 2.22. The molecule has 0 aliphatic carbocycles. The van der Waals surface area contributed by atoms with Crippen molar-refractivity contribution in [2.24, 2.45) is 4.74 Å². The Labute approximate surface area is 192 Å².